The van der Waals surface area contributed by atoms with Crippen molar-refractivity contribution in [3.05, 3.63) is 49.8 Å². The quantitative estimate of drug-likeness (QED) is 0.592. The van der Waals surface area contributed by atoms with Crippen molar-refractivity contribution < 1.29 is 14.7 Å². The number of aromatic amines is 2. The molecule has 0 aromatic carbocycles. The molecule has 152 valence electrons. The van der Waals surface area contributed by atoms with Gasteiger partial charge in [-0.2, -0.15) is 0 Å². The SMILES string of the molecule is Cc1nc2[nH]cc(CCc3ccc(C(=O)N4CCC(C(=O)O)CC4)s3)c2c(=O)[nH]1. The standard InChI is InChI=1S/C20H22N4O4S/c1-11-22-17-16(18(25)23-11)13(10-21-17)2-3-14-4-5-15(29-14)19(26)24-8-6-12(7-9-24)20(27)28/h4-5,10,12H,2-3,6-9H2,1H3,(H,27,28)(H2,21,22,23,25). The van der Waals surface area contributed by atoms with Crippen molar-refractivity contribution in [2.24, 2.45) is 5.92 Å². The first-order valence-electron chi connectivity index (χ1n) is 9.60. The highest BCUT2D eigenvalue weighted by atomic mass is 32.1. The number of carbonyl (C=O) groups excluding carboxylic acids is 1. The molecule has 1 aliphatic heterocycles. The summed E-state index contributed by atoms with van der Waals surface area (Å²) in [5.74, 6) is -0.592. The molecule has 0 atom stereocenters. The summed E-state index contributed by atoms with van der Waals surface area (Å²) in [6.45, 7) is 2.71. The van der Waals surface area contributed by atoms with Gasteiger partial charge in [-0.3, -0.25) is 14.4 Å². The average Bonchev–Trinajstić information content (AvgIpc) is 3.33. The van der Waals surface area contributed by atoms with Gasteiger partial charge >= 0.3 is 5.97 Å². The summed E-state index contributed by atoms with van der Waals surface area (Å²) in [6, 6.07) is 3.78. The molecular weight excluding hydrogens is 392 g/mol. The lowest BCUT2D eigenvalue weighted by molar-refractivity contribution is -0.143. The molecule has 3 aromatic heterocycles. The number of nitrogens with zero attached hydrogens (tertiary/aromatic N) is 2. The lowest BCUT2D eigenvalue weighted by atomic mass is 9.97. The summed E-state index contributed by atoms with van der Waals surface area (Å²) in [5.41, 5.74) is 1.36. The number of aromatic nitrogens is 3. The van der Waals surface area contributed by atoms with E-state index in [9.17, 15) is 14.4 Å². The van der Waals surface area contributed by atoms with Crippen LogP contribution in [-0.4, -0.2) is 49.9 Å². The van der Waals surface area contributed by atoms with Gasteiger partial charge in [-0.25, -0.2) is 4.98 Å². The van der Waals surface area contributed by atoms with Crippen molar-refractivity contribution in [3.63, 3.8) is 0 Å². The molecule has 3 aromatic rings. The van der Waals surface area contributed by atoms with E-state index in [2.05, 4.69) is 15.0 Å². The Morgan fingerprint density at radius 1 is 1.28 bits per heavy atom. The average molecular weight is 414 g/mol. The molecule has 1 fully saturated rings. The number of nitrogens with one attached hydrogen (secondary N) is 2. The third-order valence-electron chi connectivity index (χ3n) is 5.39. The molecule has 3 N–H and O–H groups in total. The van der Waals surface area contributed by atoms with E-state index in [0.717, 1.165) is 16.9 Å². The number of rotatable bonds is 5. The molecule has 1 aliphatic rings. The first-order chi connectivity index (χ1) is 13.9. The Labute approximate surface area is 170 Å². The number of aliphatic carboxylic acids is 1. The maximum Gasteiger partial charge on any atom is 0.306 e. The molecule has 0 radical (unpaired) electrons. The van der Waals surface area contributed by atoms with Crippen LogP contribution in [0.3, 0.4) is 0 Å². The third-order valence-corrected chi connectivity index (χ3v) is 6.52. The monoisotopic (exact) mass is 414 g/mol. The van der Waals surface area contributed by atoms with Crippen LogP contribution < -0.4 is 5.56 Å². The number of hydrogen-bond acceptors (Lipinski definition) is 5. The van der Waals surface area contributed by atoms with Crippen LogP contribution in [-0.2, 0) is 17.6 Å². The summed E-state index contributed by atoms with van der Waals surface area (Å²) in [5, 5.41) is 9.68. The zero-order chi connectivity index (χ0) is 20.5. The fourth-order valence-electron chi connectivity index (χ4n) is 3.78. The molecule has 9 heteroatoms. The Morgan fingerprint density at radius 3 is 2.76 bits per heavy atom. The summed E-state index contributed by atoms with van der Waals surface area (Å²) < 4.78 is 0. The number of likely N-dealkylation sites (tertiary alicyclic amines) is 1. The van der Waals surface area contributed by atoms with E-state index in [4.69, 9.17) is 5.11 Å². The highest BCUT2D eigenvalue weighted by Gasteiger charge is 2.28. The molecule has 29 heavy (non-hydrogen) atoms. The molecule has 8 nitrogen and oxygen atoms in total. The van der Waals surface area contributed by atoms with Gasteiger partial charge in [-0.05, 0) is 50.3 Å². The number of H-pyrrole nitrogens is 2. The number of thiophene rings is 1. The Bertz CT molecular complexity index is 1120. The van der Waals surface area contributed by atoms with Crippen LogP contribution in [0, 0.1) is 12.8 Å². The first kappa shape index (κ1) is 19.4. The number of carboxylic acid groups (broad SMARTS) is 1. The predicted octanol–water partition coefficient (Wildman–Crippen LogP) is 2.34. The van der Waals surface area contributed by atoms with Crippen molar-refractivity contribution in [2.75, 3.05) is 13.1 Å². The number of aryl methyl sites for hydroxylation is 3. The normalized spacial score (nSPS) is 15.1. The number of carboxylic acids is 1. The lowest BCUT2D eigenvalue weighted by Gasteiger charge is -2.29. The highest BCUT2D eigenvalue weighted by Crippen LogP contribution is 2.24. The van der Waals surface area contributed by atoms with Crippen LogP contribution >= 0.6 is 11.3 Å². The van der Waals surface area contributed by atoms with Gasteiger partial charge in [0.25, 0.3) is 11.5 Å². The van der Waals surface area contributed by atoms with Crippen LogP contribution in [0.15, 0.2) is 23.1 Å². The molecular formula is C20H22N4O4S. The Hall–Kier alpha value is -2.94. The number of amides is 1. The van der Waals surface area contributed by atoms with Gasteiger partial charge in [-0.15, -0.1) is 11.3 Å². The van der Waals surface area contributed by atoms with Crippen molar-refractivity contribution >= 4 is 34.2 Å². The zero-order valence-electron chi connectivity index (χ0n) is 16.0. The van der Waals surface area contributed by atoms with Crippen LogP contribution in [0.4, 0.5) is 0 Å². The van der Waals surface area contributed by atoms with E-state index >= 15 is 0 Å². The van der Waals surface area contributed by atoms with E-state index < -0.39 is 5.97 Å². The highest BCUT2D eigenvalue weighted by molar-refractivity contribution is 7.14. The fourth-order valence-corrected chi connectivity index (χ4v) is 4.76. The van der Waals surface area contributed by atoms with Gasteiger partial charge in [0.05, 0.1) is 16.2 Å². The summed E-state index contributed by atoms with van der Waals surface area (Å²) in [4.78, 5) is 49.6. The van der Waals surface area contributed by atoms with Gasteiger partial charge in [0.2, 0.25) is 0 Å². The number of fused-ring (bicyclic) bond motifs is 1. The minimum atomic E-state index is -0.781. The minimum absolute atomic E-state index is 0.0340. The van der Waals surface area contributed by atoms with E-state index in [1.807, 2.05) is 18.3 Å². The number of hydrogen-bond donors (Lipinski definition) is 3. The van der Waals surface area contributed by atoms with Crippen molar-refractivity contribution in [1.29, 1.82) is 0 Å². The largest absolute Gasteiger partial charge is 0.481 e. The number of carbonyl (C=O) groups is 2. The van der Waals surface area contributed by atoms with Gasteiger partial charge in [0, 0.05) is 24.2 Å². The molecule has 4 rings (SSSR count). The lowest BCUT2D eigenvalue weighted by Crippen LogP contribution is -2.39. The maximum absolute atomic E-state index is 12.7. The topological polar surface area (TPSA) is 119 Å². The summed E-state index contributed by atoms with van der Waals surface area (Å²) in [7, 11) is 0. The van der Waals surface area contributed by atoms with Crippen molar-refractivity contribution in [3.8, 4) is 0 Å². The zero-order valence-corrected chi connectivity index (χ0v) is 16.8. The van der Waals surface area contributed by atoms with Crippen LogP contribution in [0.25, 0.3) is 11.0 Å². The third kappa shape index (κ3) is 3.95. The molecule has 0 unspecified atom stereocenters. The minimum Gasteiger partial charge on any atom is -0.481 e. The second kappa shape index (κ2) is 7.82. The molecule has 1 amide bonds. The van der Waals surface area contributed by atoms with E-state index in [-0.39, 0.29) is 17.4 Å². The van der Waals surface area contributed by atoms with Crippen LogP contribution in [0.2, 0.25) is 0 Å². The predicted molar refractivity (Wildman–Crippen MR) is 109 cm³/mol. The van der Waals surface area contributed by atoms with Crippen molar-refractivity contribution in [2.45, 2.75) is 32.6 Å². The van der Waals surface area contributed by atoms with Crippen molar-refractivity contribution in [1.82, 2.24) is 19.9 Å². The molecule has 4 heterocycles. The van der Waals surface area contributed by atoms with Crippen LogP contribution in [0.5, 0.6) is 0 Å². The van der Waals surface area contributed by atoms with Crippen LogP contribution in [0.1, 0.15) is 38.8 Å². The second-order valence-electron chi connectivity index (χ2n) is 7.36. The fraction of sp³-hybridized carbons (Fsp3) is 0.400. The van der Waals surface area contributed by atoms with Gasteiger partial charge in [0.15, 0.2) is 0 Å². The van der Waals surface area contributed by atoms with Gasteiger partial charge in [-0.1, -0.05) is 0 Å². The van der Waals surface area contributed by atoms with E-state index in [1.54, 1.807) is 11.8 Å². The maximum atomic E-state index is 12.7. The Balaban J connectivity index is 1.41. The van der Waals surface area contributed by atoms with E-state index in [1.165, 1.54) is 11.3 Å². The summed E-state index contributed by atoms with van der Waals surface area (Å²) in [6.07, 6.45) is 4.22. The first-order valence-corrected chi connectivity index (χ1v) is 10.4. The Morgan fingerprint density at radius 2 is 2.03 bits per heavy atom. The Kier molecular flexibility index (Phi) is 5.23. The molecule has 0 saturated carbocycles. The second-order valence-corrected chi connectivity index (χ2v) is 8.53. The number of piperidine rings is 1. The molecule has 0 bridgehead atoms. The molecule has 0 aliphatic carbocycles. The molecule has 1 saturated heterocycles. The van der Waals surface area contributed by atoms with Gasteiger partial charge < -0.3 is 20.0 Å². The smallest absolute Gasteiger partial charge is 0.306 e. The van der Waals surface area contributed by atoms with Gasteiger partial charge in [0.1, 0.15) is 11.5 Å². The molecule has 0 spiro atoms. The summed E-state index contributed by atoms with van der Waals surface area (Å²) >= 11 is 1.46. The van der Waals surface area contributed by atoms with E-state index in [0.29, 0.717) is 54.1 Å².